The lowest BCUT2D eigenvalue weighted by molar-refractivity contribution is -0.137. The van der Waals surface area contributed by atoms with Crippen LogP contribution in [0.3, 0.4) is 0 Å². The molecule has 1 N–H and O–H groups in total. The normalized spacial score (nSPS) is 55.2. The Morgan fingerprint density at radius 2 is 1.76 bits per heavy atom. The molecule has 0 heterocycles. The van der Waals surface area contributed by atoms with Gasteiger partial charge in [-0.15, -0.1) is 0 Å². The van der Waals surface area contributed by atoms with Gasteiger partial charge in [-0.2, -0.15) is 0 Å². The van der Waals surface area contributed by atoms with Crippen molar-refractivity contribution in [2.24, 2.45) is 40.9 Å². The van der Waals surface area contributed by atoms with Crippen molar-refractivity contribution < 1.29 is 14.3 Å². The van der Waals surface area contributed by atoms with Crippen LogP contribution in [-0.4, -0.2) is 28.0 Å². The van der Waals surface area contributed by atoms with Crippen molar-refractivity contribution in [2.45, 2.75) is 77.0 Å². The van der Waals surface area contributed by atoms with E-state index < -0.39 is 11.8 Å². The molecule has 0 aromatic heterocycles. The molecule has 4 aliphatic carbocycles. The lowest BCUT2D eigenvalue weighted by Gasteiger charge is -2.57. The topological polar surface area (TPSA) is 37.3 Å². The van der Waals surface area contributed by atoms with Crippen molar-refractivity contribution in [3.63, 3.8) is 0 Å². The number of rotatable bonds is 2. The van der Waals surface area contributed by atoms with Gasteiger partial charge in [-0.3, -0.25) is 4.79 Å². The van der Waals surface area contributed by atoms with Gasteiger partial charge in [0.2, 0.25) is 0 Å². The number of ketones is 1. The van der Waals surface area contributed by atoms with E-state index in [2.05, 4.69) is 22.9 Å². The number of carbonyl (C=O) groups excluding carboxylic acids is 1. The molecular weight excluding hydrogens is 383 g/mol. The van der Waals surface area contributed by atoms with Gasteiger partial charge in [-0.1, -0.05) is 22.9 Å². The second-order valence-electron chi connectivity index (χ2n) is 10.0. The van der Waals surface area contributed by atoms with Crippen LogP contribution in [0.4, 0.5) is 4.39 Å². The SMILES string of the molecule is C[C@@]1(O)CC[C@@H]2[C@H]3CC[C@]4(C)[C@@H](C(=O)CBr)CC[C@H]4[C@@H]3C[C@@H](F)[C@@H]2C1. The highest BCUT2D eigenvalue weighted by Gasteiger charge is 2.60. The first-order valence-corrected chi connectivity index (χ1v) is 11.3. The average molecular weight is 415 g/mol. The third-order valence-corrected chi connectivity index (χ3v) is 9.32. The zero-order chi connectivity index (χ0) is 18.0. The van der Waals surface area contributed by atoms with E-state index in [-0.39, 0.29) is 17.3 Å². The number of Topliss-reactive ketones (excluding diaryl/α,β-unsaturated/α-hetero) is 1. The molecule has 0 saturated heterocycles. The fourth-order valence-corrected chi connectivity index (χ4v) is 8.02. The minimum absolute atomic E-state index is 0.0516. The van der Waals surface area contributed by atoms with Gasteiger partial charge in [-0.25, -0.2) is 4.39 Å². The fourth-order valence-electron chi connectivity index (χ4n) is 7.62. The molecule has 0 aliphatic heterocycles. The number of aliphatic hydroxyl groups is 1. The second-order valence-corrected chi connectivity index (χ2v) is 10.6. The lowest BCUT2D eigenvalue weighted by Crippen LogP contribution is -2.54. The molecule has 0 unspecified atom stereocenters. The zero-order valence-corrected chi connectivity index (χ0v) is 17.1. The van der Waals surface area contributed by atoms with Crippen molar-refractivity contribution in [2.75, 3.05) is 5.33 Å². The molecule has 4 aliphatic rings. The number of hydrogen-bond donors (Lipinski definition) is 1. The minimum atomic E-state index is -0.772. The van der Waals surface area contributed by atoms with Crippen molar-refractivity contribution in [3.8, 4) is 0 Å². The van der Waals surface area contributed by atoms with Crippen LogP contribution in [-0.2, 0) is 4.79 Å². The highest BCUT2D eigenvalue weighted by Crippen LogP contribution is 2.65. The standard InChI is InChI=1S/C21H32BrFO2/c1-20(25)7-5-13-12-6-8-21(2)16(3-4-17(21)19(24)11-22)14(12)9-18(23)15(13)10-20/h12-18,25H,3-11H2,1-2H3/t12-,13-,14-,15-,16+,17-,18-,20-,21+/m1/s1. The molecule has 4 heteroatoms. The third-order valence-electron chi connectivity index (χ3n) is 8.77. The van der Waals surface area contributed by atoms with Gasteiger partial charge in [0.15, 0.2) is 0 Å². The van der Waals surface area contributed by atoms with Crippen molar-refractivity contribution in [1.82, 2.24) is 0 Å². The largest absolute Gasteiger partial charge is 0.390 e. The Labute approximate surface area is 159 Å². The van der Waals surface area contributed by atoms with Crippen LogP contribution < -0.4 is 0 Å². The third kappa shape index (κ3) is 2.85. The van der Waals surface area contributed by atoms with Gasteiger partial charge in [0.1, 0.15) is 12.0 Å². The fraction of sp³-hybridized carbons (Fsp3) is 0.952. The van der Waals surface area contributed by atoms with Crippen LogP contribution in [0.1, 0.15) is 65.2 Å². The predicted molar refractivity (Wildman–Crippen MR) is 100 cm³/mol. The van der Waals surface area contributed by atoms with Crippen LogP contribution in [0.25, 0.3) is 0 Å². The summed E-state index contributed by atoms with van der Waals surface area (Å²) >= 11 is 3.37. The first-order valence-electron chi connectivity index (χ1n) is 10.2. The number of fused-ring (bicyclic) bond motifs is 5. The monoisotopic (exact) mass is 414 g/mol. The molecule has 4 rings (SSSR count). The lowest BCUT2D eigenvalue weighted by atomic mass is 9.48. The number of carbonyl (C=O) groups is 1. The Morgan fingerprint density at radius 1 is 1.08 bits per heavy atom. The molecule has 0 aromatic carbocycles. The Morgan fingerprint density at radius 3 is 2.48 bits per heavy atom. The van der Waals surface area contributed by atoms with Crippen molar-refractivity contribution in [3.05, 3.63) is 0 Å². The molecule has 0 spiro atoms. The molecule has 142 valence electrons. The van der Waals surface area contributed by atoms with Gasteiger partial charge in [0, 0.05) is 5.92 Å². The first-order chi connectivity index (χ1) is 11.8. The van der Waals surface area contributed by atoms with E-state index in [1.165, 1.54) is 0 Å². The first kappa shape index (κ1) is 18.4. The van der Waals surface area contributed by atoms with Gasteiger partial charge in [0.25, 0.3) is 0 Å². The zero-order valence-electron chi connectivity index (χ0n) is 15.5. The van der Waals surface area contributed by atoms with E-state index in [1.807, 2.05) is 6.92 Å². The van der Waals surface area contributed by atoms with Gasteiger partial charge in [0.05, 0.1) is 10.9 Å². The molecule has 0 amide bonds. The van der Waals surface area contributed by atoms with Gasteiger partial charge >= 0.3 is 0 Å². The molecule has 4 saturated carbocycles. The Bertz CT molecular complexity index is 550. The highest BCUT2D eigenvalue weighted by atomic mass is 79.9. The summed E-state index contributed by atoms with van der Waals surface area (Å²) in [5.41, 5.74) is -0.596. The van der Waals surface area contributed by atoms with Gasteiger partial charge in [-0.05, 0) is 93.3 Å². The summed E-state index contributed by atoms with van der Waals surface area (Å²) in [6, 6.07) is 0. The summed E-state index contributed by atoms with van der Waals surface area (Å²) in [5, 5.41) is 10.9. The van der Waals surface area contributed by atoms with Crippen LogP contribution in [0.5, 0.6) is 0 Å². The molecule has 9 atom stereocenters. The van der Waals surface area contributed by atoms with Crippen molar-refractivity contribution in [1.29, 1.82) is 0 Å². The molecule has 0 radical (unpaired) electrons. The van der Waals surface area contributed by atoms with E-state index in [1.54, 1.807) is 0 Å². The van der Waals surface area contributed by atoms with Crippen LogP contribution in [0.2, 0.25) is 0 Å². The van der Waals surface area contributed by atoms with Crippen LogP contribution >= 0.6 is 15.9 Å². The Kier molecular flexibility index (Phi) is 4.63. The molecule has 0 aromatic rings. The second kappa shape index (κ2) is 6.29. The number of alkyl halides is 2. The van der Waals surface area contributed by atoms with E-state index in [0.29, 0.717) is 47.6 Å². The smallest absolute Gasteiger partial charge is 0.147 e. The quantitative estimate of drug-likeness (QED) is 0.651. The summed E-state index contributed by atoms with van der Waals surface area (Å²) < 4.78 is 15.2. The maximum Gasteiger partial charge on any atom is 0.147 e. The van der Waals surface area contributed by atoms with E-state index in [9.17, 15) is 9.90 Å². The number of hydrogen-bond acceptors (Lipinski definition) is 2. The predicted octanol–water partition coefficient (Wildman–Crippen LogP) is 4.92. The average Bonchev–Trinajstić information content (AvgIpc) is 2.91. The molecule has 2 nitrogen and oxygen atoms in total. The molecule has 4 fully saturated rings. The molecule has 0 bridgehead atoms. The summed E-state index contributed by atoms with van der Waals surface area (Å²) in [6.45, 7) is 4.20. The van der Waals surface area contributed by atoms with Crippen LogP contribution in [0, 0.1) is 40.9 Å². The van der Waals surface area contributed by atoms with Crippen molar-refractivity contribution >= 4 is 21.7 Å². The maximum atomic E-state index is 15.2. The van der Waals surface area contributed by atoms with Crippen LogP contribution in [0.15, 0.2) is 0 Å². The van der Waals surface area contributed by atoms with E-state index in [0.717, 1.165) is 38.5 Å². The summed E-state index contributed by atoms with van der Waals surface area (Å²) in [7, 11) is 0. The minimum Gasteiger partial charge on any atom is -0.390 e. The van der Waals surface area contributed by atoms with E-state index >= 15 is 4.39 Å². The number of halogens is 2. The maximum absolute atomic E-state index is 15.2. The van der Waals surface area contributed by atoms with Gasteiger partial charge < -0.3 is 5.11 Å². The molecule has 25 heavy (non-hydrogen) atoms. The molecular formula is C21H32BrFO2. The van der Waals surface area contributed by atoms with E-state index in [4.69, 9.17) is 0 Å². The summed E-state index contributed by atoms with van der Waals surface area (Å²) in [5.74, 6) is 2.60. The summed E-state index contributed by atoms with van der Waals surface area (Å²) in [6.07, 6.45) is 6.69. The Hall–Kier alpha value is 0.0400. The Balaban J connectivity index is 1.58. The summed E-state index contributed by atoms with van der Waals surface area (Å²) in [4.78, 5) is 12.4. The highest BCUT2D eigenvalue weighted by molar-refractivity contribution is 9.09.